The molecule has 0 unspecified atom stereocenters. The number of para-hydroxylation sites is 1. The van der Waals surface area contributed by atoms with Gasteiger partial charge in [-0.15, -0.1) is 0 Å². The molecule has 0 spiro atoms. The summed E-state index contributed by atoms with van der Waals surface area (Å²) >= 11 is 0. The number of hydrogen-bond donors (Lipinski definition) is 1. The van der Waals surface area contributed by atoms with Crippen LogP contribution in [0.4, 0.5) is 0 Å². The van der Waals surface area contributed by atoms with Crippen molar-refractivity contribution in [3.63, 3.8) is 0 Å². The highest BCUT2D eigenvalue weighted by Crippen LogP contribution is 2.31. The molecule has 1 heterocycles. The van der Waals surface area contributed by atoms with Gasteiger partial charge in [0.1, 0.15) is 0 Å². The van der Waals surface area contributed by atoms with E-state index in [2.05, 4.69) is 22.5 Å². The van der Waals surface area contributed by atoms with Crippen molar-refractivity contribution in [2.75, 3.05) is 27.8 Å². The van der Waals surface area contributed by atoms with Crippen molar-refractivity contribution in [3.8, 4) is 11.5 Å². The van der Waals surface area contributed by atoms with Crippen molar-refractivity contribution >= 4 is 5.91 Å². The number of carbonyl (C=O) groups excluding carboxylic acids is 1. The fraction of sp³-hybridized carbons (Fsp3) is 0.360. The van der Waals surface area contributed by atoms with Crippen molar-refractivity contribution < 1.29 is 14.3 Å². The van der Waals surface area contributed by atoms with E-state index >= 15 is 0 Å². The second-order valence-electron chi connectivity index (χ2n) is 7.89. The minimum absolute atomic E-state index is 0.0380. The maximum Gasteiger partial charge on any atom is 0.234 e. The first kappa shape index (κ1) is 23.3. The number of nitrogens with one attached hydrogen (secondary N) is 1. The minimum Gasteiger partial charge on any atom is -0.493 e. The molecule has 1 aromatic heterocycles. The molecule has 0 saturated heterocycles. The second-order valence-corrected chi connectivity index (χ2v) is 7.89. The lowest BCUT2D eigenvalue weighted by molar-refractivity contribution is -0.122. The van der Waals surface area contributed by atoms with Gasteiger partial charge in [-0.3, -0.25) is 14.4 Å². The lowest BCUT2D eigenvalue weighted by Crippen LogP contribution is -2.34. The molecule has 0 aliphatic heterocycles. The summed E-state index contributed by atoms with van der Waals surface area (Å²) in [7, 11) is 5.15. The summed E-state index contributed by atoms with van der Waals surface area (Å²) in [6, 6.07) is 16.0. The SMILES string of the molecule is COc1cccc(CN(C)CC(=O)NCc2c(C)nn(Cc3ccccc3)c2C)c1OC. The van der Waals surface area contributed by atoms with Crippen molar-refractivity contribution in [2.45, 2.75) is 33.5 Å². The monoisotopic (exact) mass is 436 g/mol. The number of nitrogens with zero attached hydrogens (tertiary/aromatic N) is 3. The van der Waals surface area contributed by atoms with Crippen LogP contribution < -0.4 is 14.8 Å². The smallest absolute Gasteiger partial charge is 0.234 e. The Balaban J connectivity index is 1.57. The van der Waals surface area contributed by atoms with Gasteiger partial charge in [-0.25, -0.2) is 0 Å². The van der Waals surface area contributed by atoms with Gasteiger partial charge in [0.2, 0.25) is 5.91 Å². The Morgan fingerprint density at radius 1 is 1.06 bits per heavy atom. The van der Waals surface area contributed by atoms with Crippen LogP contribution in [0.3, 0.4) is 0 Å². The van der Waals surface area contributed by atoms with Crippen molar-refractivity contribution in [1.29, 1.82) is 0 Å². The summed E-state index contributed by atoms with van der Waals surface area (Å²) in [5.41, 5.74) is 5.24. The zero-order chi connectivity index (χ0) is 23.1. The first-order valence-electron chi connectivity index (χ1n) is 10.6. The van der Waals surface area contributed by atoms with Crippen LogP contribution in [0.25, 0.3) is 0 Å². The summed E-state index contributed by atoms with van der Waals surface area (Å²) in [6.45, 7) is 6.05. The minimum atomic E-state index is -0.0380. The van der Waals surface area contributed by atoms with Crippen LogP contribution in [0, 0.1) is 13.8 Å². The van der Waals surface area contributed by atoms with E-state index in [1.54, 1.807) is 14.2 Å². The van der Waals surface area contributed by atoms with Crippen LogP contribution in [-0.2, 0) is 24.4 Å². The number of rotatable bonds is 10. The largest absolute Gasteiger partial charge is 0.493 e. The van der Waals surface area contributed by atoms with Crippen molar-refractivity contribution in [3.05, 3.63) is 76.6 Å². The number of methoxy groups -OCH3 is 2. The van der Waals surface area contributed by atoms with Gasteiger partial charge in [-0.05, 0) is 32.5 Å². The Bertz CT molecular complexity index is 1050. The molecule has 0 aliphatic carbocycles. The molecule has 0 aliphatic rings. The molecule has 3 rings (SSSR count). The van der Waals surface area contributed by atoms with E-state index in [-0.39, 0.29) is 12.5 Å². The highest BCUT2D eigenvalue weighted by Gasteiger charge is 2.15. The Kier molecular flexibility index (Phi) is 7.89. The van der Waals surface area contributed by atoms with Crippen LogP contribution in [0.1, 0.15) is 28.1 Å². The Labute approximate surface area is 190 Å². The van der Waals surface area contributed by atoms with Gasteiger partial charge in [-0.2, -0.15) is 5.10 Å². The standard InChI is InChI=1S/C25H32N4O3/c1-18-22(19(2)29(27-18)15-20-10-7-6-8-11-20)14-26-24(30)17-28(3)16-21-12-9-13-23(31-4)25(21)32-5/h6-13H,14-17H2,1-5H3,(H,26,30). The summed E-state index contributed by atoms with van der Waals surface area (Å²) in [5, 5.41) is 7.70. The van der Waals surface area contributed by atoms with Gasteiger partial charge >= 0.3 is 0 Å². The third-order valence-corrected chi connectivity index (χ3v) is 5.51. The molecule has 32 heavy (non-hydrogen) atoms. The number of aryl methyl sites for hydroxylation is 1. The van der Waals surface area contributed by atoms with E-state index in [1.165, 1.54) is 5.56 Å². The van der Waals surface area contributed by atoms with Gasteiger partial charge in [0, 0.05) is 29.9 Å². The lowest BCUT2D eigenvalue weighted by Gasteiger charge is -2.19. The van der Waals surface area contributed by atoms with Crippen LogP contribution >= 0.6 is 0 Å². The molecule has 7 nitrogen and oxygen atoms in total. The van der Waals surface area contributed by atoms with E-state index in [0.717, 1.165) is 22.5 Å². The van der Waals surface area contributed by atoms with Gasteiger partial charge < -0.3 is 14.8 Å². The topological polar surface area (TPSA) is 68.6 Å². The Morgan fingerprint density at radius 2 is 1.81 bits per heavy atom. The number of amides is 1. The number of aromatic nitrogens is 2. The lowest BCUT2D eigenvalue weighted by atomic mass is 10.1. The highest BCUT2D eigenvalue weighted by atomic mass is 16.5. The second kappa shape index (κ2) is 10.8. The number of benzene rings is 2. The normalized spacial score (nSPS) is 10.9. The Morgan fingerprint density at radius 3 is 2.50 bits per heavy atom. The molecule has 3 aromatic rings. The fourth-order valence-electron chi connectivity index (χ4n) is 3.81. The number of carbonyl (C=O) groups is 1. The number of ether oxygens (including phenoxy) is 2. The van der Waals surface area contributed by atoms with Crippen LogP contribution in [-0.4, -0.2) is 48.4 Å². The van der Waals surface area contributed by atoms with E-state index in [1.807, 2.05) is 66.9 Å². The predicted octanol–water partition coefficient (Wildman–Crippen LogP) is 3.31. The fourth-order valence-corrected chi connectivity index (χ4v) is 3.81. The molecule has 7 heteroatoms. The van der Waals surface area contributed by atoms with Gasteiger partial charge in [-0.1, -0.05) is 42.5 Å². The zero-order valence-electron chi connectivity index (χ0n) is 19.5. The van der Waals surface area contributed by atoms with E-state index < -0.39 is 0 Å². The zero-order valence-corrected chi connectivity index (χ0v) is 19.5. The predicted molar refractivity (Wildman–Crippen MR) is 125 cm³/mol. The van der Waals surface area contributed by atoms with Crippen LogP contribution in [0.15, 0.2) is 48.5 Å². The van der Waals surface area contributed by atoms with Crippen molar-refractivity contribution in [1.82, 2.24) is 20.0 Å². The molecule has 1 N–H and O–H groups in total. The third kappa shape index (κ3) is 5.68. The molecule has 170 valence electrons. The average Bonchev–Trinajstić information content (AvgIpc) is 3.04. The van der Waals surface area contributed by atoms with Crippen LogP contribution in [0.2, 0.25) is 0 Å². The molecular weight excluding hydrogens is 404 g/mol. The van der Waals surface area contributed by atoms with E-state index in [9.17, 15) is 4.79 Å². The number of likely N-dealkylation sites (N-methyl/N-ethyl adjacent to an activating group) is 1. The summed E-state index contributed by atoms with van der Waals surface area (Å²) < 4.78 is 12.8. The molecular formula is C25H32N4O3. The van der Waals surface area contributed by atoms with Gasteiger partial charge in [0.15, 0.2) is 11.5 Å². The Hall–Kier alpha value is -3.32. The maximum atomic E-state index is 12.6. The first-order chi connectivity index (χ1) is 15.4. The van der Waals surface area contributed by atoms with Crippen LogP contribution in [0.5, 0.6) is 11.5 Å². The maximum absolute atomic E-state index is 12.6. The van der Waals surface area contributed by atoms with Gasteiger partial charge in [0.25, 0.3) is 0 Å². The highest BCUT2D eigenvalue weighted by molar-refractivity contribution is 5.78. The quantitative estimate of drug-likeness (QED) is 0.528. The summed E-state index contributed by atoms with van der Waals surface area (Å²) in [6.07, 6.45) is 0. The third-order valence-electron chi connectivity index (χ3n) is 5.51. The van der Waals surface area contributed by atoms with E-state index in [4.69, 9.17) is 9.47 Å². The molecule has 0 radical (unpaired) electrons. The average molecular weight is 437 g/mol. The van der Waals surface area contributed by atoms with Gasteiger partial charge in [0.05, 0.1) is 33.0 Å². The molecule has 0 bridgehead atoms. The van der Waals surface area contributed by atoms with E-state index in [0.29, 0.717) is 31.1 Å². The first-order valence-corrected chi connectivity index (χ1v) is 10.6. The summed E-state index contributed by atoms with van der Waals surface area (Å²) in [4.78, 5) is 14.5. The number of hydrogen-bond acceptors (Lipinski definition) is 5. The molecule has 0 atom stereocenters. The molecule has 1 amide bonds. The summed E-state index contributed by atoms with van der Waals surface area (Å²) in [5.74, 6) is 1.34. The molecule has 2 aromatic carbocycles. The molecule has 0 fully saturated rings. The van der Waals surface area contributed by atoms with Crippen molar-refractivity contribution in [2.24, 2.45) is 0 Å². The molecule has 0 saturated carbocycles.